The fourth-order valence-electron chi connectivity index (χ4n) is 2.02. The van der Waals surface area contributed by atoms with Crippen molar-refractivity contribution in [1.82, 2.24) is 5.32 Å². The summed E-state index contributed by atoms with van der Waals surface area (Å²) >= 11 is 18.2. The van der Waals surface area contributed by atoms with E-state index in [0.29, 0.717) is 10.0 Å². The highest BCUT2D eigenvalue weighted by Crippen LogP contribution is 2.27. The Kier molecular flexibility index (Phi) is 5.15. The van der Waals surface area contributed by atoms with Crippen molar-refractivity contribution in [3.63, 3.8) is 0 Å². The molecule has 0 fully saturated rings. The summed E-state index contributed by atoms with van der Waals surface area (Å²) in [6, 6.07) is 14.5. The van der Waals surface area contributed by atoms with Crippen LogP contribution < -0.4 is 5.32 Å². The zero-order valence-corrected chi connectivity index (χ0v) is 13.6. The lowest BCUT2D eigenvalue weighted by atomic mass is 9.93. The quantitative estimate of drug-likeness (QED) is 0.788. The predicted octanol–water partition coefficient (Wildman–Crippen LogP) is 4.88. The fraction of sp³-hybridized carbons (Fsp3) is 0.188. The number of carbonyl (C=O) groups is 1. The van der Waals surface area contributed by atoms with Crippen LogP contribution in [-0.2, 0) is 5.54 Å². The van der Waals surface area contributed by atoms with Crippen LogP contribution in [0.3, 0.4) is 0 Å². The third kappa shape index (κ3) is 3.52. The van der Waals surface area contributed by atoms with Gasteiger partial charge in [0, 0.05) is 5.88 Å². The Bertz CT molecular complexity index is 625. The van der Waals surface area contributed by atoms with Gasteiger partial charge >= 0.3 is 0 Å². The van der Waals surface area contributed by atoms with Gasteiger partial charge in [0.2, 0.25) is 0 Å². The molecule has 0 aromatic heterocycles. The average Bonchev–Trinajstić information content (AvgIpc) is 2.48. The predicted molar refractivity (Wildman–Crippen MR) is 88.4 cm³/mol. The molecule has 0 saturated heterocycles. The second-order valence-corrected chi connectivity index (χ2v) is 5.96. The third-order valence-electron chi connectivity index (χ3n) is 3.26. The number of nitrogens with one attached hydrogen (secondary N) is 1. The molecule has 1 amide bonds. The van der Waals surface area contributed by atoms with Crippen LogP contribution in [0.5, 0.6) is 0 Å². The smallest absolute Gasteiger partial charge is 0.255 e. The van der Waals surface area contributed by atoms with Gasteiger partial charge in [0.05, 0.1) is 21.1 Å². The summed E-state index contributed by atoms with van der Waals surface area (Å²) in [5.41, 5.74) is 0.465. The molecule has 5 heteroatoms. The van der Waals surface area contributed by atoms with Crippen LogP contribution in [0, 0.1) is 0 Å². The molecule has 1 N–H and O–H groups in total. The Hall–Kier alpha value is -1.22. The molecule has 2 rings (SSSR count). The van der Waals surface area contributed by atoms with Crippen LogP contribution in [0.15, 0.2) is 48.5 Å². The van der Waals surface area contributed by atoms with E-state index in [1.54, 1.807) is 18.2 Å². The number of halogens is 3. The molecule has 0 aliphatic carbocycles. The minimum Gasteiger partial charge on any atom is -0.341 e. The first-order valence-electron chi connectivity index (χ1n) is 6.36. The van der Waals surface area contributed by atoms with E-state index in [9.17, 15) is 4.79 Å². The van der Waals surface area contributed by atoms with Gasteiger partial charge in [0.25, 0.3) is 5.91 Å². The van der Waals surface area contributed by atoms with Crippen molar-refractivity contribution < 1.29 is 4.79 Å². The third-order valence-corrected chi connectivity index (χ3v) is 4.42. The van der Waals surface area contributed by atoms with Crippen molar-refractivity contribution in [2.75, 3.05) is 5.88 Å². The van der Waals surface area contributed by atoms with Gasteiger partial charge in [0.1, 0.15) is 0 Å². The van der Waals surface area contributed by atoms with E-state index in [-0.39, 0.29) is 17.4 Å². The first-order valence-corrected chi connectivity index (χ1v) is 7.65. The molecule has 0 aliphatic rings. The maximum absolute atomic E-state index is 12.5. The lowest BCUT2D eigenvalue weighted by molar-refractivity contribution is 0.0913. The lowest BCUT2D eigenvalue weighted by Gasteiger charge is -2.29. The summed E-state index contributed by atoms with van der Waals surface area (Å²) in [5, 5.41) is 3.54. The molecule has 2 aromatic rings. The normalized spacial score (nSPS) is 13.5. The van der Waals surface area contributed by atoms with E-state index in [0.717, 1.165) is 5.56 Å². The molecule has 0 radical (unpaired) electrons. The second-order valence-electron chi connectivity index (χ2n) is 4.88. The summed E-state index contributed by atoms with van der Waals surface area (Å²) in [6.45, 7) is 1.86. The van der Waals surface area contributed by atoms with E-state index in [1.165, 1.54) is 0 Å². The molecule has 0 bridgehead atoms. The highest BCUT2D eigenvalue weighted by atomic mass is 35.5. The van der Waals surface area contributed by atoms with Crippen LogP contribution in [-0.4, -0.2) is 11.8 Å². The molecule has 0 aliphatic heterocycles. The maximum Gasteiger partial charge on any atom is 0.255 e. The first-order chi connectivity index (χ1) is 9.98. The Balaban J connectivity index is 2.33. The number of hydrogen-bond donors (Lipinski definition) is 1. The molecule has 1 unspecified atom stereocenters. The van der Waals surface area contributed by atoms with Crippen LogP contribution in [0.2, 0.25) is 10.0 Å². The monoisotopic (exact) mass is 341 g/mol. The molecule has 2 aromatic carbocycles. The van der Waals surface area contributed by atoms with Crippen molar-refractivity contribution in [1.29, 1.82) is 0 Å². The fourth-order valence-corrected chi connectivity index (χ4v) is 2.81. The summed E-state index contributed by atoms with van der Waals surface area (Å²) in [7, 11) is 0. The van der Waals surface area contributed by atoms with Gasteiger partial charge in [-0.3, -0.25) is 4.79 Å². The van der Waals surface area contributed by atoms with Gasteiger partial charge in [0.15, 0.2) is 0 Å². The van der Waals surface area contributed by atoms with Gasteiger partial charge in [-0.15, -0.1) is 11.6 Å². The minimum absolute atomic E-state index is 0.227. The summed E-state index contributed by atoms with van der Waals surface area (Å²) in [4.78, 5) is 12.5. The van der Waals surface area contributed by atoms with Crippen LogP contribution in [0.1, 0.15) is 22.8 Å². The molecule has 110 valence electrons. The summed E-state index contributed by atoms with van der Waals surface area (Å²) in [5.74, 6) is -0.122. The summed E-state index contributed by atoms with van der Waals surface area (Å²) < 4.78 is 0. The van der Waals surface area contributed by atoms with Crippen molar-refractivity contribution >= 4 is 40.7 Å². The molecule has 21 heavy (non-hydrogen) atoms. The van der Waals surface area contributed by atoms with Crippen molar-refractivity contribution in [2.24, 2.45) is 0 Å². The maximum atomic E-state index is 12.5. The van der Waals surface area contributed by atoms with E-state index in [2.05, 4.69) is 5.32 Å². The number of carbonyl (C=O) groups excluding carboxylic acids is 1. The van der Waals surface area contributed by atoms with Crippen LogP contribution >= 0.6 is 34.8 Å². The number of rotatable bonds is 4. The molecule has 1 atom stereocenters. The zero-order chi connectivity index (χ0) is 15.5. The van der Waals surface area contributed by atoms with E-state index in [1.807, 2.05) is 37.3 Å². The highest BCUT2D eigenvalue weighted by Gasteiger charge is 2.29. The number of benzene rings is 2. The number of alkyl halides is 1. The molecule has 2 nitrogen and oxygen atoms in total. The topological polar surface area (TPSA) is 29.1 Å². The first kappa shape index (κ1) is 16.2. The van der Waals surface area contributed by atoms with E-state index in [4.69, 9.17) is 34.8 Å². The largest absolute Gasteiger partial charge is 0.341 e. The Morgan fingerprint density at radius 3 is 2.14 bits per heavy atom. The lowest BCUT2D eigenvalue weighted by Crippen LogP contribution is -2.45. The molecule has 0 heterocycles. The molecular weight excluding hydrogens is 329 g/mol. The van der Waals surface area contributed by atoms with Gasteiger partial charge in [-0.1, -0.05) is 59.6 Å². The van der Waals surface area contributed by atoms with Crippen molar-refractivity contribution in [2.45, 2.75) is 12.5 Å². The molecular formula is C16H14Cl3NO. The summed E-state index contributed by atoms with van der Waals surface area (Å²) in [6.07, 6.45) is 0. The second kappa shape index (κ2) is 6.69. The Labute approximate surface area is 139 Å². The SMILES string of the molecule is CC(CCl)(NC(=O)c1c(Cl)cccc1Cl)c1ccccc1. The van der Waals surface area contributed by atoms with Crippen molar-refractivity contribution in [3.05, 3.63) is 69.7 Å². The van der Waals surface area contributed by atoms with Gasteiger partial charge in [-0.2, -0.15) is 0 Å². The number of amides is 1. The van der Waals surface area contributed by atoms with Crippen molar-refractivity contribution in [3.8, 4) is 0 Å². The Morgan fingerprint density at radius 2 is 1.62 bits per heavy atom. The van der Waals surface area contributed by atoms with Gasteiger partial charge in [-0.05, 0) is 24.6 Å². The van der Waals surface area contributed by atoms with E-state index < -0.39 is 5.54 Å². The minimum atomic E-state index is -0.706. The number of hydrogen-bond acceptors (Lipinski definition) is 1. The zero-order valence-electron chi connectivity index (χ0n) is 11.4. The standard InChI is InChI=1S/C16H14Cl3NO/c1-16(10-17,11-6-3-2-4-7-11)20-15(21)14-12(18)8-5-9-13(14)19/h2-9H,10H2,1H3,(H,20,21). The average molecular weight is 343 g/mol. The van der Waals surface area contributed by atoms with Crippen LogP contribution in [0.4, 0.5) is 0 Å². The molecule has 0 spiro atoms. The van der Waals surface area contributed by atoms with E-state index >= 15 is 0 Å². The Morgan fingerprint density at radius 1 is 1.05 bits per heavy atom. The van der Waals surface area contributed by atoms with Crippen LogP contribution in [0.25, 0.3) is 0 Å². The highest BCUT2D eigenvalue weighted by molar-refractivity contribution is 6.39. The molecule has 0 saturated carbocycles. The van der Waals surface area contributed by atoms with Gasteiger partial charge in [-0.25, -0.2) is 0 Å². The van der Waals surface area contributed by atoms with Gasteiger partial charge < -0.3 is 5.32 Å².